The Morgan fingerprint density at radius 3 is 2.42 bits per heavy atom. The largest absolute Gasteiger partial charge is 0.334 e. The van der Waals surface area contributed by atoms with Gasteiger partial charge in [-0.2, -0.15) is 5.10 Å². The molecule has 0 aliphatic carbocycles. The number of carbonyl (C=O) groups is 1. The molecule has 0 N–H and O–H groups in total. The zero-order valence-corrected chi connectivity index (χ0v) is 14.7. The molecule has 1 saturated heterocycles. The highest BCUT2D eigenvalue weighted by Gasteiger charge is 2.33. The molecule has 0 spiro atoms. The Hall–Kier alpha value is -2.81. The van der Waals surface area contributed by atoms with Crippen LogP contribution >= 0.6 is 0 Å². The second-order valence-electron chi connectivity index (χ2n) is 6.36. The molecule has 1 aromatic carbocycles. The van der Waals surface area contributed by atoms with Gasteiger partial charge in [0.25, 0.3) is 5.91 Å². The number of nitro groups is 1. The van der Waals surface area contributed by atoms with Gasteiger partial charge in [-0.1, -0.05) is 12.1 Å². The van der Waals surface area contributed by atoms with Crippen LogP contribution < -0.4 is 0 Å². The van der Waals surface area contributed by atoms with E-state index in [1.807, 2.05) is 0 Å². The first-order chi connectivity index (χ1) is 12.4. The summed E-state index contributed by atoms with van der Waals surface area (Å²) in [7, 11) is 1.58. The Morgan fingerprint density at radius 1 is 1.23 bits per heavy atom. The lowest BCUT2D eigenvalue weighted by Crippen LogP contribution is -2.48. The van der Waals surface area contributed by atoms with Crippen molar-refractivity contribution in [1.29, 1.82) is 0 Å². The Morgan fingerprint density at radius 2 is 1.85 bits per heavy atom. The maximum atomic E-state index is 13.0. The van der Waals surface area contributed by atoms with Gasteiger partial charge >= 0.3 is 5.69 Å². The van der Waals surface area contributed by atoms with Gasteiger partial charge < -0.3 is 4.90 Å². The van der Waals surface area contributed by atoms with Crippen LogP contribution in [0.4, 0.5) is 10.1 Å². The van der Waals surface area contributed by atoms with Gasteiger partial charge in [-0.25, -0.2) is 4.39 Å². The van der Waals surface area contributed by atoms with Crippen molar-refractivity contribution >= 4 is 11.6 Å². The number of amides is 1. The number of nitrogens with zero attached hydrogens (tertiary/aromatic N) is 5. The Balaban J connectivity index is 1.65. The van der Waals surface area contributed by atoms with Crippen LogP contribution in [-0.2, 0) is 13.6 Å². The SMILES string of the molecule is Cc1c([N+](=O)[O-])c(C(=O)N2CCN(Cc3ccc(F)cc3)CC2)nn1C. The molecule has 0 unspecified atom stereocenters. The second kappa shape index (κ2) is 7.20. The van der Waals surface area contributed by atoms with Crippen molar-refractivity contribution in [3.63, 3.8) is 0 Å². The molecule has 26 heavy (non-hydrogen) atoms. The highest BCUT2D eigenvalue weighted by Crippen LogP contribution is 2.24. The number of aryl methyl sites for hydroxylation is 1. The topological polar surface area (TPSA) is 84.5 Å². The summed E-state index contributed by atoms with van der Waals surface area (Å²) in [6.45, 7) is 4.46. The van der Waals surface area contributed by atoms with Crippen LogP contribution in [0.5, 0.6) is 0 Å². The van der Waals surface area contributed by atoms with E-state index in [4.69, 9.17) is 0 Å². The van der Waals surface area contributed by atoms with Crippen molar-refractivity contribution in [3.05, 3.63) is 57.1 Å². The van der Waals surface area contributed by atoms with Crippen molar-refractivity contribution in [1.82, 2.24) is 19.6 Å². The van der Waals surface area contributed by atoms with Gasteiger partial charge in [0, 0.05) is 39.8 Å². The van der Waals surface area contributed by atoms with Crippen molar-refractivity contribution in [3.8, 4) is 0 Å². The molecule has 0 radical (unpaired) electrons. The summed E-state index contributed by atoms with van der Waals surface area (Å²) in [4.78, 5) is 27.1. The van der Waals surface area contributed by atoms with Crippen molar-refractivity contribution in [2.24, 2.45) is 7.05 Å². The number of hydrogen-bond acceptors (Lipinski definition) is 5. The van der Waals surface area contributed by atoms with Crippen molar-refractivity contribution in [2.45, 2.75) is 13.5 Å². The molecule has 1 amide bonds. The lowest BCUT2D eigenvalue weighted by atomic mass is 10.2. The lowest BCUT2D eigenvalue weighted by Gasteiger charge is -2.34. The summed E-state index contributed by atoms with van der Waals surface area (Å²) in [5.41, 5.74) is 1.02. The molecule has 1 fully saturated rings. The third kappa shape index (κ3) is 3.57. The van der Waals surface area contributed by atoms with E-state index in [0.29, 0.717) is 38.4 Å². The van der Waals surface area contributed by atoms with E-state index in [0.717, 1.165) is 5.56 Å². The van der Waals surface area contributed by atoms with Crippen molar-refractivity contribution in [2.75, 3.05) is 26.2 Å². The Kier molecular flexibility index (Phi) is 4.99. The zero-order chi connectivity index (χ0) is 18.8. The van der Waals surface area contributed by atoms with E-state index in [1.165, 1.54) is 16.8 Å². The molecule has 2 heterocycles. The maximum absolute atomic E-state index is 13.0. The molecule has 138 valence electrons. The maximum Gasteiger partial charge on any atom is 0.322 e. The Labute approximate surface area is 150 Å². The molecule has 3 rings (SSSR count). The zero-order valence-electron chi connectivity index (χ0n) is 14.7. The first kappa shape index (κ1) is 18.0. The lowest BCUT2D eigenvalue weighted by molar-refractivity contribution is -0.385. The standard InChI is InChI=1S/C17H20FN5O3/c1-12-16(23(25)26)15(19-20(12)2)17(24)22-9-7-21(8-10-22)11-13-3-5-14(18)6-4-13/h3-6H,7-11H2,1-2H3. The number of rotatable bonds is 4. The van der Waals surface area contributed by atoms with E-state index in [1.54, 1.807) is 31.0 Å². The first-order valence-corrected chi connectivity index (χ1v) is 8.31. The van der Waals surface area contributed by atoms with E-state index in [9.17, 15) is 19.3 Å². The van der Waals surface area contributed by atoms with Crippen LogP contribution in [0.1, 0.15) is 21.7 Å². The molecular formula is C17H20FN5O3. The minimum Gasteiger partial charge on any atom is -0.334 e. The van der Waals surface area contributed by atoms with Crippen LogP contribution in [0.3, 0.4) is 0 Å². The van der Waals surface area contributed by atoms with Gasteiger partial charge in [-0.05, 0) is 24.6 Å². The fourth-order valence-electron chi connectivity index (χ4n) is 3.07. The van der Waals surface area contributed by atoms with Gasteiger partial charge in [0.05, 0.1) is 4.92 Å². The van der Waals surface area contributed by atoms with Crippen LogP contribution in [0.25, 0.3) is 0 Å². The van der Waals surface area contributed by atoms with Gasteiger partial charge in [0.1, 0.15) is 11.5 Å². The van der Waals surface area contributed by atoms with E-state index >= 15 is 0 Å². The number of hydrogen-bond donors (Lipinski definition) is 0. The molecule has 2 aromatic rings. The molecule has 0 saturated carbocycles. The molecule has 1 aliphatic rings. The predicted molar refractivity (Wildman–Crippen MR) is 92.2 cm³/mol. The van der Waals surface area contributed by atoms with Crippen LogP contribution in [0.2, 0.25) is 0 Å². The fourth-order valence-corrected chi connectivity index (χ4v) is 3.07. The fraction of sp³-hybridized carbons (Fsp3) is 0.412. The van der Waals surface area contributed by atoms with Gasteiger partial charge in [-0.15, -0.1) is 0 Å². The molecule has 9 heteroatoms. The number of aromatic nitrogens is 2. The predicted octanol–water partition coefficient (Wildman–Crippen LogP) is 1.73. The molecular weight excluding hydrogens is 341 g/mol. The second-order valence-corrected chi connectivity index (χ2v) is 6.36. The number of piperazine rings is 1. The average Bonchev–Trinajstić information content (AvgIpc) is 2.92. The number of halogens is 1. The summed E-state index contributed by atoms with van der Waals surface area (Å²) < 4.78 is 14.3. The van der Waals surface area contributed by atoms with Gasteiger partial charge in [0.2, 0.25) is 5.69 Å². The molecule has 0 atom stereocenters. The Bertz CT molecular complexity index is 826. The molecule has 1 aromatic heterocycles. The summed E-state index contributed by atoms with van der Waals surface area (Å²) in [6.07, 6.45) is 0. The third-order valence-electron chi connectivity index (χ3n) is 4.67. The van der Waals surface area contributed by atoms with E-state index in [2.05, 4.69) is 10.00 Å². The average molecular weight is 361 g/mol. The van der Waals surface area contributed by atoms with E-state index < -0.39 is 10.8 Å². The highest BCUT2D eigenvalue weighted by molar-refractivity contribution is 5.96. The van der Waals surface area contributed by atoms with Crippen LogP contribution in [0.15, 0.2) is 24.3 Å². The summed E-state index contributed by atoms with van der Waals surface area (Å²) in [5, 5.41) is 15.3. The molecule has 0 bridgehead atoms. The normalized spacial score (nSPS) is 15.3. The first-order valence-electron chi connectivity index (χ1n) is 8.31. The molecule has 8 nitrogen and oxygen atoms in total. The third-order valence-corrected chi connectivity index (χ3v) is 4.67. The smallest absolute Gasteiger partial charge is 0.322 e. The monoisotopic (exact) mass is 361 g/mol. The summed E-state index contributed by atoms with van der Waals surface area (Å²) in [6, 6.07) is 6.34. The minimum atomic E-state index is -0.555. The minimum absolute atomic E-state index is 0.109. The number of carbonyl (C=O) groups excluding carboxylic acids is 1. The van der Waals surface area contributed by atoms with Gasteiger partial charge in [-0.3, -0.25) is 24.5 Å². The highest BCUT2D eigenvalue weighted by atomic mass is 19.1. The number of benzene rings is 1. The van der Waals surface area contributed by atoms with E-state index in [-0.39, 0.29) is 17.2 Å². The quantitative estimate of drug-likeness (QED) is 0.612. The summed E-state index contributed by atoms with van der Waals surface area (Å²) in [5.74, 6) is -0.682. The van der Waals surface area contributed by atoms with Gasteiger partial charge in [0.15, 0.2) is 0 Å². The molecule has 1 aliphatic heterocycles. The van der Waals surface area contributed by atoms with Crippen LogP contribution in [-0.4, -0.2) is 56.6 Å². The van der Waals surface area contributed by atoms with Crippen LogP contribution in [0, 0.1) is 22.9 Å². The summed E-state index contributed by atoms with van der Waals surface area (Å²) >= 11 is 0. The van der Waals surface area contributed by atoms with Crippen molar-refractivity contribution < 1.29 is 14.1 Å².